The zero-order valence-corrected chi connectivity index (χ0v) is 15.0. The summed E-state index contributed by atoms with van der Waals surface area (Å²) in [5.41, 5.74) is 1.46. The van der Waals surface area contributed by atoms with Crippen LogP contribution in [-0.4, -0.2) is 48.1 Å². The summed E-state index contributed by atoms with van der Waals surface area (Å²) in [6, 6.07) is 0.353. The van der Waals surface area contributed by atoms with E-state index >= 15 is 0 Å². The lowest BCUT2D eigenvalue weighted by atomic mass is 10.1. The van der Waals surface area contributed by atoms with E-state index in [-0.39, 0.29) is 5.54 Å². The molecule has 1 aliphatic rings. The third-order valence-corrected chi connectivity index (χ3v) is 5.07. The van der Waals surface area contributed by atoms with Crippen LogP contribution in [0.15, 0.2) is 5.38 Å². The van der Waals surface area contributed by atoms with E-state index in [2.05, 4.69) is 55.1 Å². The molecule has 1 unspecified atom stereocenters. The first-order valence-corrected chi connectivity index (χ1v) is 8.98. The minimum Gasteiger partial charge on any atom is -0.346 e. The van der Waals surface area contributed by atoms with E-state index in [1.54, 1.807) is 11.3 Å². The van der Waals surface area contributed by atoms with Gasteiger partial charge in [0.05, 0.1) is 5.69 Å². The van der Waals surface area contributed by atoms with Gasteiger partial charge < -0.3 is 10.2 Å². The number of anilines is 1. The Morgan fingerprint density at radius 2 is 1.95 bits per heavy atom. The number of nitrogens with one attached hydrogen (secondary N) is 1. The van der Waals surface area contributed by atoms with Gasteiger partial charge in [0.15, 0.2) is 5.13 Å². The fourth-order valence-corrected chi connectivity index (χ4v) is 3.63. The number of hydrogen-bond acceptors (Lipinski definition) is 5. The molecule has 0 spiro atoms. The second kappa shape index (κ2) is 7.07. The van der Waals surface area contributed by atoms with Gasteiger partial charge in [-0.2, -0.15) is 0 Å². The van der Waals surface area contributed by atoms with Gasteiger partial charge in [0.2, 0.25) is 0 Å². The molecule has 0 aromatic carbocycles. The minimum atomic E-state index is 0.277. The van der Waals surface area contributed by atoms with Crippen molar-refractivity contribution in [1.29, 1.82) is 0 Å². The lowest BCUT2D eigenvalue weighted by Gasteiger charge is -2.42. The minimum absolute atomic E-state index is 0.277. The normalized spacial score (nSPS) is 19.0. The maximum absolute atomic E-state index is 4.84. The molecule has 120 valence electrons. The SMILES string of the molecule is CCCNC(C)c1csc(N2CCN(C(C)(C)C)CC2)n1. The highest BCUT2D eigenvalue weighted by Gasteiger charge is 2.27. The molecule has 0 saturated carbocycles. The maximum Gasteiger partial charge on any atom is 0.185 e. The van der Waals surface area contributed by atoms with E-state index in [1.807, 2.05) is 0 Å². The smallest absolute Gasteiger partial charge is 0.185 e. The predicted molar refractivity (Wildman–Crippen MR) is 92.4 cm³/mol. The molecule has 0 amide bonds. The summed E-state index contributed by atoms with van der Waals surface area (Å²) < 4.78 is 0. The van der Waals surface area contributed by atoms with Gasteiger partial charge in [-0.15, -0.1) is 11.3 Å². The summed E-state index contributed by atoms with van der Waals surface area (Å²) in [7, 11) is 0. The highest BCUT2D eigenvalue weighted by molar-refractivity contribution is 7.13. The summed E-state index contributed by atoms with van der Waals surface area (Å²) in [4.78, 5) is 9.83. The van der Waals surface area contributed by atoms with Crippen LogP contribution in [0.3, 0.4) is 0 Å². The fraction of sp³-hybridized carbons (Fsp3) is 0.812. The first kappa shape index (κ1) is 16.7. The van der Waals surface area contributed by atoms with Gasteiger partial charge in [-0.3, -0.25) is 4.90 Å². The fourth-order valence-electron chi connectivity index (χ4n) is 2.65. The van der Waals surface area contributed by atoms with Crippen molar-refractivity contribution in [3.8, 4) is 0 Å². The Morgan fingerprint density at radius 3 is 2.52 bits per heavy atom. The molecule has 1 atom stereocenters. The number of hydrogen-bond donors (Lipinski definition) is 1. The summed E-state index contributed by atoms with van der Waals surface area (Å²) in [6.07, 6.45) is 1.16. The largest absolute Gasteiger partial charge is 0.346 e. The van der Waals surface area contributed by atoms with Crippen LogP contribution < -0.4 is 10.2 Å². The summed E-state index contributed by atoms with van der Waals surface area (Å²) in [5, 5.41) is 6.90. The molecule has 1 aromatic rings. The van der Waals surface area contributed by atoms with Crippen LogP contribution in [-0.2, 0) is 0 Å². The summed E-state index contributed by atoms with van der Waals surface area (Å²) >= 11 is 1.78. The summed E-state index contributed by atoms with van der Waals surface area (Å²) in [6.45, 7) is 16.8. The molecule has 1 aromatic heterocycles. The van der Waals surface area contributed by atoms with Crippen molar-refractivity contribution in [3.63, 3.8) is 0 Å². The highest BCUT2D eigenvalue weighted by atomic mass is 32.1. The van der Waals surface area contributed by atoms with Gasteiger partial charge in [-0.05, 0) is 40.7 Å². The molecule has 1 saturated heterocycles. The molecule has 1 fully saturated rings. The van der Waals surface area contributed by atoms with Crippen LogP contribution in [0, 0.1) is 0 Å². The Hall–Kier alpha value is -0.650. The Kier molecular flexibility index (Phi) is 5.63. The van der Waals surface area contributed by atoms with Crippen molar-refractivity contribution in [3.05, 3.63) is 11.1 Å². The zero-order chi connectivity index (χ0) is 15.5. The van der Waals surface area contributed by atoms with E-state index in [0.29, 0.717) is 6.04 Å². The topological polar surface area (TPSA) is 31.4 Å². The predicted octanol–water partition coefficient (Wildman–Crippen LogP) is 3.12. The van der Waals surface area contributed by atoms with Crippen LogP contribution in [0.1, 0.15) is 52.8 Å². The Morgan fingerprint density at radius 1 is 1.29 bits per heavy atom. The highest BCUT2D eigenvalue weighted by Crippen LogP contribution is 2.26. The van der Waals surface area contributed by atoms with Gasteiger partial charge in [0.1, 0.15) is 0 Å². The Bertz CT molecular complexity index is 430. The van der Waals surface area contributed by atoms with Crippen LogP contribution in [0.5, 0.6) is 0 Å². The number of rotatable bonds is 5. The lowest BCUT2D eigenvalue weighted by Crippen LogP contribution is -2.53. The van der Waals surface area contributed by atoms with Gasteiger partial charge in [0, 0.05) is 43.1 Å². The van der Waals surface area contributed by atoms with Gasteiger partial charge in [0.25, 0.3) is 0 Å². The molecule has 21 heavy (non-hydrogen) atoms. The van der Waals surface area contributed by atoms with Crippen molar-refractivity contribution in [2.75, 3.05) is 37.6 Å². The standard InChI is InChI=1S/C16H30N4S/c1-6-7-17-13(2)14-12-21-15(18-14)19-8-10-20(11-9-19)16(3,4)5/h12-13,17H,6-11H2,1-5H3. The number of thiazole rings is 1. The number of nitrogens with zero attached hydrogens (tertiary/aromatic N) is 3. The van der Waals surface area contributed by atoms with Crippen LogP contribution in [0.4, 0.5) is 5.13 Å². The lowest BCUT2D eigenvalue weighted by molar-refractivity contribution is 0.128. The number of aromatic nitrogens is 1. The molecule has 2 heterocycles. The van der Waals surface area contributed by atoms with E-state index in [1.165, 1.54) is 10.8 Å². The number of piperazine rings is 1. The molecule has 4 nitrogen and oxygen atoms in total. The van der Waals surface area contributed by atoms with Crippen LogP contribution in [0.2, 0.25) is 0 Å². The average Bonchev–Trinajstić information content (AvgIpc) is 2.94. The molecule has 5 heteroatoms. The van der Waals surface area contributed by atoms with Gasteiger partial charge in [-0.1, -0.05) is 6.92 Å². The zero-order valence-electron chi connectivity index (χ0n) is 14.1. The molecule has 1 aliphatic heterocycles. The van der Waals surface area contributed by atoms with Gasteiger partial charge in [-0.25, -0.2) is 4.98 Å². The molecule has 0 aliphatic carbocycles. The third kappa shape index (κ3) is 4.41. The van der Waals surface area contributed by atoms with Crippen LogP contribution >= 0.6 is 11.3 Å². The maximum atomic E-state index is 4.84. The molecular formula is C16H30N4S. The Balaban J connectivity index is 1.91. The van der Waals surface area contributed by atoms with Crippen molar-refractivity contribution < 1.29 is 0 Å². The van der Waals surface area contributed by atoms with Crippen molar-refractivity contribution in [2.45, 2.75) is 52.6 Å². The molecule has 1 N–H and O–H groups in total. The first-order valence-electron chi connectivity index (χ1n) is 8.10. The average molecular weight is 311 g/mol. The molecule has 0 bridgehead atoms. The van der Waals surface area contributed by atoms with Crippen molar-refractivity contribution in [2.24, 2.45) is 0 Å². The first-order chi connectivity index (χ1) is 9.91. The van der Waals surface area contributed by atoms with Crippen molar-refractivity contribution >= 4 is 16.5 Å². The quantitative estimate of drug-likeness (QED) is 0.905. The van der Waals surface area contributed by atoms with Crippen molar-refractivity contribution in [1.82, 2.24) is 15.2 Å². The van der Waals surface area contributed by atoms with E-state index in [4.69, 9.17) is 4.98 Å². The van der Waals surface area contributed by atoms with E-state index in [0.717, 1.165) is 39.1 Å². The van der Waals surface area contributed by atoms with Gasteiger partial charge >= 0.3 is 0 Å². The van der Waals surface area contributed by atoms with Crippen LogP contribution in [0.25, 0.3) is 0 Å². The molecule has 0 radical (unpaired) electrons. The van der Waals surface area contributed by atoms with E-state index in [9.17, 15) is 0 Å². The Labute approximate surface area is 133 Å². The second-order valence-electron chi connectivity index (χ2n) is 6.88. The molecular weight excluding hydrogens is 280 g/mol. The monoisotopic (exact) mass is 310 g/mol. The van der Waals surface area contributed by atoms with E-state index < -0.39 is 0 Å². The summed E-state index contributed by atoms with van der Waals surface area (Å²) in [5.74, 6) is 0. The second-order valence-corrected chi connectivity index (χ2v) is 7.71. The molecule has 2 rings (SSSR count). The third-order valence-electron chi connectivity index (χ3n) is 4.15.